The molecule has 0 heterocycles. The van der Waals surface area contributed by atoms with E-state index in [2.05, 4.69) is 27.3 Å². The monoisotopic (exact) mass is 393 g/mol. The van der Waals surface area contributed by atoms with Crippen LogP contribution in [0.25, 0.3) is 0 Å². The maximum atomic E-state index is 12.4. The van der Waals surface area contributed by atoms with Crippen LogP contribution < -0.4 is 10.5 Å². The molecule has 0 amide bonds. The molecule has 0 fully saturated rings. The maximum Gasteiger partial charge on any atom is 0.573 e. The number of ether oxygens (including phenoxy) is 1. The Labute approximate surface area is 127 Å². The molecule has 2 nitrogen and oxygen atoms in total. The minimum atomic E-state index is -4.74. The number of rotatable bonds is 3. The van der Waals surface area contributed by atoms with Crippen molar-refractivity contribution >= 4 is 22.6 Å². The number of benzene rings is 2. The molecule has 1 atom stereocenters. The predicted octanol–water partition coefficient (Wildman–Crippen LogP) is 4.24. The highest BCUT2D eigenvalue weighted by atomic mass is 127. The minimum Gasteiger partial charge on any atom is -0.405 e. The largest absolute Gasteiger partial charge is 0.573 e. The first kappa shape index (κ1) is 15.1. The van der Waals surface area contributed by atoms with Crippen molar-refractivity contribution in [3.8, 4) is 5.75 Å². The number of hydrogen-bond donors (Lipinski definition) is 1. The Morgan fingerprint density at radius 3 is 2.40 bits per heavy atom. The van der Waals surface area contributed by atoms with Crippen LogP contribution in [0.1, 0.15) is 17.2 Å². The van der Waals surface area contributed by atoms with Crippen LogP contribution in [0.4, 0.5) is 13.2 Å². The van der Waals surface area contributed by atoms with Crippen LogP contribution in [0.3, 0.4) is 0 Å². The van der Waals surface area contributed by atoms with Gasteiger partial charge in [-0.3, -0.25) is 0 Å². The summed E-state index contributed by atoms with van der Waals surface area (Å²) in [6.45, 7) is 0. The van der Waals surface area contributed by atoms with Gasteiger partial charge in [-0.15, -0.1) is 13.2 Å². The topological polar surface area (TPSA) is 35.2 Å². The summed E-state index contributed by atoms with van der Waals surface area (Å²) in [5, 5.41) is 0. The fourth-order valence-electron chi connectivity index (χ4n) is 1.83. The fourth-order valence-corrected chi connectivity index (χ4v) is 2.40. The van der Waals surface area contributed by atoms with E-state index in [1.165, 1.54) is 18.2 Å². The van der Waals surface area contributed by atoms with E-state index in [0.29, 0.717) is 5.56 Å². The second kappa shape index (κ2) is 6.01. The summed E-state index contributed by atoms with van der Waals surface area (Å²) in [6.07, 6.45) is -4.74. The molecular formula is C14H11F3INO. The second-order valence-electron chi connectivity index (χ2n) is 4.12. The van der Waals surface area contributed by atoms with Gasteiger partial charge in [-0.05, 0) is 46.4 Å². The maximum absolute atomic E-state index is 12.4. The van der Waals surface area contributed by atoms with Gasteiger partial charge in [0.2, 0.25) is 0 Å². The van der Waals surface area contributed by atoms with Crippen molar-refractivity contribution in [1.29, 1.82) is 0 Å². The summed E-state index contributed by atoms with van der Waals surface area (Å²) >= 11 is 2.12. The van der Waals surface area contributed by atoms with Gasteiger partial charge < -0.3 is 10.5 Å². The highest BCUT2D eigenvalue weighted by molar-refractivity contribution is 14.1. The van der Waals surface area contributed by atoms with E-state index in [4.69, 9.17) is 5.73 Å². The molecule has 2 aromatic rings. The number of alkyl halides is 3. The number of nitrogens with two attached hydrogens (primary N) is 1. The molecule has 6 heteroatoms. The second-order valence-corrected chi connectivity index (χ2v) is 5.36. The van der Waals surface area contributed by atoms with E-state index in [0.717, 1.165) is 9.13 Å². The minimum absolute atomic E-state index is 0.272. The van der Waals surface area contributed by atoms with E-state index < -0.39 is 12.4 Å². The van der Waals surface area contributed by atoms with Crippen molar-refractivity contribution in [3.63, 3.8) is 0 Å². The molecule has 0 spiro atoms. The lowest BCUT2D eigenvalue weighted by Gasteiger charge is -2.18. The summed E-state index contributed by atoms with van der Waals surface area (Å²) in [7, 11) is 0. The van der Waals surface area contributed by atoms with Crippen molar-refractivity contribution in [3.05, 3.63) is 63.2 Å². The van der Waals surface area contributed by atoms with E-state index >= 15 is 0 Å². The Morgan fingerprint density at radius 1 is 1.05 bits per heavy atom. The normalized spacial score (nSPS) is 13.1. The molecule has 0 aliphatic carbocycles. The molecule has 0 aromatic heterocycles. The molecule has 20 heavy (non-hydrogen) atoms. The van der Waals surface area contributed by atoms with Gasteiger partial charge in [0, 0.05) is 9.13 Å². The third-order valence-electron chi connectivity index (χ3n) is 2.69. The zero-order valence-electron chi connectivity index (χ0n) is 10.2. The molecule has 0 aliphatic heterocycles. The number of halogens is 4. The SMILES string of the molecule is NC(c1cccc(I)c1)c1ccccc1OC(F)(F)F. The van der Waals surface area contributed by atoms with Crippen LogP contribution in [0.15, 0.2) is 48.5 Å². The quantitative estimate of drug-likeness (QED) is 0.793. The van der Waals surface area contributed by atoms with Crippen molar-refractivity contribution in [1.82, 2.24) is 0 Å². The fraction of sp³-hybridized carbons (Fsp3) is 0.143. The highest BCUT2D eigenvalue weighted by Crippen LogP contribution is 2.32. The first-order chi connectivity index (χ1) is 9.37. The lowest BCUT2D eigenvalue weighted by molar-refractivity contribution is -0.274. The van der Waals surface area contributed by atoms with E-state index in [1.54, 1.807) is 12.1 Å². The first-order valence-corrected chi connectivity index (χ1v) is 6.80. The molecule has 0 saturated heterocycles. The zero-order chi connectivity index (χ0) is 14.8. The van der Waals surface area contributed by atoms with E-state index in [1.807, 2.05) is 18.2 Å². The summed E-state index contributed by atoms with van der Waals surface area (Å²) in [5.41, 5.74) is 7.08. The molecule has 0 saturated carbocycles. The van der Waals surface area contributed by atoms with Gasteiger partial charge in [0.1, 0.15) is 5.75 Å². The predicted molar refractivity (Wildman–Crippen MR) is 78.3 cm³/mol. The molecular weight excluding hydrogens is 382 g/mol. The van der Waals surface area contributed by atoms with Crippen LogP contribution in [0.2, 0.25) is 0 Å². The highest BCUT2D eigenvalue weighted by Gasteiger charge is 2.32. The molecule has 1 unspecified atom stereocenters. The van der Waals surface area contributed by atoms with Crippen molar-refractivity contribution in [2.75, 3.05) is 0 Å². The average molecular weight is 393 g/mol. The van der Waals surface area contributed by atoms with Gasteiger partial charge in [0.05, 0.1) is 6.04 Å². The van der Waals surface area contributed by atoms with Crippen molar-refractivity contribution < 1.29 is 17.9 Å². The average Bonchev–Trinajstić information content (AvgIpc) is 2.37. The van der Waals surface area contributed by atoms with E-state index in [9.17, 15) is 13.2 Å². The molecule has 0 aliphatic rings. The van der Waals surface area contributed by atoms with Gasteiger partial charge in [-0.1, -0.05) is 30.3 Å². The van der Waals surface area contributed by atoms with Crippen LogP contribution >= 0.6 is 22.6 Å². The lowest BCUT2D eigenvalue weighted by Crippen LogP contribution is -2.20. The summed E-state index contributed by atoms with van der Waals surface area (Å²) in [5.74, 6) is -0.272. The number of hydrogen-bond acceptors (Lipinski definition) is 2. The molecule has 0 radical (unpaired) electrons. The molecule has 2 aromatic carbocycles. The van der Waals surface area contributed by atoms with Crippen LogP contribution in [0.5, 0.6) is 5.75 Å². The third kappa shape index (κ3) is 3.86. The standard InChI is InChI=1S/C14H11F3INO/c15-14(16,17)20-12-7-2-1-6-11(12)13(19)9-4-3-5-10(18)8-9/h1-8,13H,19H2. The third-order valence-corrected chi connectivity index (χ3v) is 3.36. The van der Waals surface area contributed by atoms with Crippen LogP contribution in [-0.2, 0) is 0 Å². The molecule has 2 N–H and O–H groups in total. The van der Waals surface area contributed by atoms with Gasteiger partial charge in [-0.2, -0.15) is 0 Å². The Bertz CT molecular complexity index is 601. The Kier molecular flexibility index (Phi) is 4.54. The van der Waals surface area contributed by atoms with Gasteiger partial charge in [0.25, 0.3) is 0 Å². The molecule has 2 rings (SSSR count). The van der Waals surface area contributed by atoms with Crippen molar-refractivity contribution in [2.45, 2.75) is 12.4 Å². The van der Waals surface area contributed by atoms with Crippen LogP contribution in [-0.4, -0.2) is 6.36 Å². The van der Waals surface area contributed by atoms with Crippen LogP contribution in [0, 0.1) is 3.57 Å². The summed E-state index contributed by atoms with van der Waals surface area (Å²) in [6, 6.07) is 12.5. The molecule has 0 bridgehead atoms. The zero-order valence-corrected chi connectivity index (χ0v) is 12.4. The smallest absolute Gasteiger partial charge is 0.405 e. The summed E-state index contributed by atoms with van der Waals surface area (Å²) < 4.78 is 42.1. The van der Waals surface area contributed by atoms with Gasteiger partial charge in [0.15, 0.2) is 0 Å². The van der Waals surface area contributed by atoms with E-state index in [-0.39, 0.29) is 5.75 Å². The summed E-state index contributed by atoms with van der Waals surface area (Å²) in [4.78, 5) is 0. The first-order valence-electron chi connectivity index (χ1n) is 5.72. The Hall–Kier alpha value is -1.28. The van der Waals surface area contributed by atoms with Gasteiger partial charge in [-0.25, -0.2) is 0 Å². The Morgan fingerprint density at radius 2 is 1.75 bits per heavy atom. The Balaban J connectivity index is 2.37. The van der Waals surface area contributed by atoms with Gasteiger partial charge >= 0.3 is 6.36 Å². The van der Waals surface area contributed by atoms with Crippen molar-refractivity contribution in [2.24, 2.45) is 5.73 Å². The lowest BCUT2D eigenvalue weighted by atomic mass is 9.99. The molecule has 106 valence electrons. The number of para-hydroxylation sites is 1.